The molecule has 0 amide bonds. The number of nitrogen functional groups attached to an aromatic ring is 1. The standard InChI is InChI=1S/C13H21F3N4/c1-3-20(4-2)7-5-6-18-12-9-10(13(14,15)16)8-11(17)19-12/h8-9H,3-7H2,1-2H3,(H3,17,18,19). The van der Waals surface area contributed by atoms with Crippen LogP contribution in [-0.2, 0) is 6.18 Å². The highest BCUT2D eigenvalue weighted by atomic mass is 19.4. The van der Waals surface area contributed by atoms with Gasteiger partial charge in [0, 0.05) is 6.54 Å². The second kappa shape index (κ2) is 7.33. The monoisotopic (exact) mass is 290 g/mol. The van der Waals surface area contributed by atoms with E-state index in [-0.39, 0.29) is 11.6 Å². The Bertz CT molecular complexity index is 417. The molecule has 0 unspecified atom stereocenters. The Morgan fingerprint density at radius 3 is 2.45 bits per heavy atom. The third-order valence-corrected chi connectivity index (χ3v) is 3.02. The second-order valence-corrected chi connectivity index (χ2v) is 4.47. The van der Waals surface area contributed by atoms with Crippen LogP contribution >= 0.6 is 0 Å². The largest absolute Gasteiger partial charge is 0.416 e. The predicted octanol–water partition coefficient (Wildman–Crippen LogP) is 2.83. The van der Waals surface area contributed by atoms with Crippen LogP contribution in [0.4, 0.5) is 24.8 Å². The minimum absolute atomic E-state index is 0.133. The molecule has 7 heteroatoms. The number of nitrogens with zero attached hydrogens (tertiary/aromatic N) is 2. The van der Waals surface area contributed by atoms with Crippen LogP contribution in [0.2, 0.25) is 0 Å². The molecule has 4 nitrogen and oxygen atoms in total. The number of alkyl halides is 3. The summed E-state index contributed by atoms with van der Waals surface area (Å²) >= 11 is 0. The lowest BCUT2D eigenvalue weighted by molar-refractivity contribution is -0.137. The summed E-state index contributed by atoms with van der Waals surface area (Å²) in [5.41, 5.74) is 4.61. The Morgan fingerprint density at radius 1 is 1.25 bits per heavy atom. The maximum absolute atomic E-state index is 12.6. The minimum atomic E-state index is -4.41. The van der Waals surface area contributed by atoms with Crippen LogP contribution in [0.3, 0.4) is 0 Å². The van der Waals surface area contributed by atoms with Gasteiger partial charge in [-0.15, -0.1) is 0 Å². The van der Waals surface area contributed by atoms with E-state index < -0.39 is 11.7 Å². The SMILES string of the molecule is CCN(CC)CCCNc1cc(C(F)(F)F)cc(N)n1. The lowest BCUT2D eigenvalue weighted by Gasteiger charge is -2.18. The molecule has 0 aliphatic carbocycles. The second-order valence-electron chi connectivity index (χ2n) is 4.47. The van der Waals surface area contributed by atoms with Crippen LogP contribution in [0, 0.1) is 0 Å². The molecule has 0 atom stereocenters. The highest BCUT2D eigenvalue weighted by molar-refractivity contribution is 5.47. The van der Waals surface area contributed by atoms with Crippen molar-refractivity contribution in [3.8, 4) is 0 Å². The van der Waals surface area contributed by atoms with E-state index in [0.29, 0.717) is 6.54 Å². The smallest absolute Gasteiger partial charge is 0.384 e. The van der Waals surface area contributed by atoms with Crippen molar-refractivity contribution in [2.75, 3.05) is 37.2 Å². The van der Waals surface area contributed by atoms with Crippen molar-refractivity contribution in [2.24, 2.45) is 0 Å². The topological polar surface area (TPSA) is 54.2 Å². The summed E-state index contributed by atoms with van der Waals surface area (Å²) < 4.78 is 37.8. The number of pyridine rings is 1. The maximum atomic E-state index is 12.6. The van der Waals surface area contributed by atoms with Crippen molar-refractivity contribution in [1.82, 2.24) is 9.88 Å². The van der Waals surface area contributed by atoms with Gasteiger partial charge < -0.3 is 16.0 Å². The molecule has 0 saturated heterocycles. The maximum Gasteiger partial charge on any atom is 0.416 e. The molecule has 3 N–H and O–H groups in total. The van der Waals surface area contributed by atoms with E-state index in [4.69, 9.17) is 5.73 Å². The van der Waals surface area contributed by atoms with Crippen molar-refractivity contribution in [2.45, 2.75) is 26.4 Å². The summed E-state index contributed by atoms with van der Waals surface area (Å²) in [4.78, 5) is 6.10. The van der Waals surface area contributed by atoms with Crippen molar-refractivity contribution >= 4 is 11.6 Å². The summed E-state index contributed by atoms with van der Waals surface area (Å²) in [6.07, 6.45) is -3.58. The molecule has 0 saturated carbocycles. The fourth-order valence-corrected chi connectivity index (χ4v) is 1.87. The van der Waals surface area contributed by atoms with Gasteiger partial charge in [0.2, 0.25) is 0 Å². The molecule has 0 bridgehead atoms. The molecule has 0 fully saturated rings. The summed E-state index contributed by atoms with van der Waals surface area (Å²) in [6.45, 7) is 7.53. The Hall–Kier alpha value is -1.50. The fraction of sp³-hybridized carbons (Fsp3) is 0.615. The number of hydrogen-bond acceptors (Lipinski definition) is 4. The van der Waals surface area contributed by atoms with Gasteiger partial charge in [-0.3, -0.25) is 0 Å². The number of aromatic nitrogens is 1. The van der Waals surface area contributed by atoms with Gasteiger partial charge in [0.05, 0.1) is 5.56 Å². The van der Waals surface area contributed by atoms with E-state index in [1.165, 1.54) is 0 Å². The summed E-state index contributed by atoms with van der Waals surface area (Å²) in [6, 6.07) is 1.81. The molecule has 20 heavy (non-hydrogen) atoms. The predicted molar refractivity (Wildman–Crippen MR) is 74.5 cm³/mol. The van der Waals surface area contributed by atoms with Crippen molar-refractivity contribution in [3.63, 3.8) is 0 Å². The Balaban J connectivity index is 2.54. The molecule has 0 aromatic carbocycles. The Morgan fingerprint density at radius 2 is 1.90 bits per heavy atom. The van der Waals surface area contributed by atoms with Gasteiger partial charge in [-0.05, 0) is 38.2 Å². The normalized spacial score (nSPS) is 11.9. The van der Waals surface area contributed by atoms with Crippen LogP contribution in [-0.4, -0.2) is 36.1 Å². The zero-order valence-electron chi connectivity index (χ0n) is 11.8. The number of rotatable bonds is 7. The van der Waals surface area contributed by atoms with Crippen molar-refractivity contribution < 1.29 is 13.2 Å². The zero-order valence-corrected chi connectivity index (χ0v) is 11.8. The quantitative estimate of drug-likeness (QED) is 0.758. The van der Waals surface area contributed by atoms with Gasteiger partial charge in [-0.2, -0.15) is 13.2 Å². The van der Waals surface area contributed by atoms with Crippen LogP contribution in [0.5, 0.6) is 0 Å². The molecular weight excluding hydrogens is 269 g/mol. The van der Waals surface area contributed by atoms with Crippen LogP contribution in [0.1, 0.15) is 25.8 Å². The first-order valence-electron chi connectivity index (χ1n) is 6.67. The van der Waals surface area contributed by atoms with Gasteiger partial charge in [0.25, 0.3) is 0 Å². The van der Waals surface area contributed by atoms with Crippen LogP contribution in [0.15, 0.2) is 12.1 Å². The molecule has 0 aliphatic heterocycles. The highest BCUT2D eigenvalue weighted by Crippen LogP contribution is 2.31. The molecule has 0 spiro atoms. The molecule has 1 aromatic rings. The molecule has 1 aromatic heterocycles. The Kier molecular flexibility index (Phi) is 6.06. The van der Waals surface area contributed by atoms with Gasteiger partial charge in [0.1, 0.15) is 11.6 Å². The van der Waals surface area contributed by atoms with E-state index in [9.17, 15) is 13.2 Å². The summed E-state index contributed by atoms with van der Waals surface area (Å²) in [5, 5.41) is 2.88. The lowest BCUT2D eigenvalue weighted by Crippen LogP contribution is -2.25. The molecule has 1 heterocycles. The summed E-state index contributed by atoms with van der Waals surface area (Å²) in [5.74, 6) is 0.0305. The molecule has 0 radical (unpaired) electrons. The highest BCUT2D eigenvalue weighted by Gasteiger charge is 2.31. The number of nitrogens with two attached hydrogens (primary N) is 1. The third kappa shape index (κ3) is 5.24. The summed E-state index contributed by atoms with van der Waals surface area (Å²) in [7, 11) is 0. The zero-order chi connectivity index (χ0) is 15.2. The van der Waals surface area contributed by atoms with Crippen LogP contribution < -0.4 is 11.1 Å². The van der Waals surface area contributed by atoms with E-state index in [2.05, 4.69) is 29.0 Å². The van der Waals surface area contributed by atoms with Crippen molar-refractivity contribution in [3.05, 3.63) is 17.7 Å². The third-order valence-electron chi connectivity index (χ3n) is 3.02. The van der Waals surface area contributed by atoms with Gasteiger partial charge >= 0.3 is 6.18 Å². The van der Waals surface area contributed by atoms with E-state index in [0.717, 1.165) is 38.2 Å². The molecule has 114 valence electrons. The number of hydrogen-bond donors (Lipinski definition) is 2. The number of anilines is 2. The van der Waals surface area contributed by atoms with Gasteiger partial charge in [-0.1, -0.05) is 13.8 Å². The lowest BCUT2D eigenvalue weighted by atomic mass is 10.2. The Labute approximate surface area is 117 Å². The van der Waals surface area contributed by atoms with E-state index in [1.807, 2.05) is 0 Å². The van der Waals surface area contributed by atoms with E-state index >= 15 is 0 Å². The van der Waals surface area contributed by atoms with Crippen molar-refractivity contribution in [1.29, 1.82) is 0 Å². The average Bonchev–Trinajstić information content (AvgIpc) is 2.37. The first kappa shape index (κ1) is 16.6. The fourth-order valence-electron chi connectivity index (χ4n) is 1.87. The number of halogens is 3. The number of nitrogens with one attached hydrogen (secondary N) is 1. The first-order valence-corrected chi connectivity index (χ1v) is 6.67. The molecule has 1 rings (SSSR count). The molecule has 0 aliphatic rings. The molecular formula is C13H21F3N4. The minimum Gasteiger partial charge on any atom is -0.384 e. The first-order chi connectivity index (χ1) is 9.36. The van der Waals surface area contributed by atoms with Gasteiger partial charge in [0.15, 0.2) is 0 Å². The van der Waals surface area contributed by atoms with Crippen LogP contribution in [0.25, 0.3) is 0 Å². The van der Waals surface area contributed by atoms with E-state index in [1.54, 1.807) is 0 Å². The van der Waals surface area contributed by atoms with Gasteiger partial charge in [-0.25, -0.2) is 4.98 Å². The average molecular weight is 290 g/mol.